The van der Waals surface area contributed by atoms with Crippen LogP contribution in [0.3, 0.4) is 0 Å². The number of aldehydes is 1. The summed E-state index contributed by atoms with van der Waals surface area (Å²) in [5.74, 6) is -0.283. The number of methoxy groups -OCH3 is 1. The number of nitrogens with zero attached hydrogens (tertiary/aromatic N) is 1. The van der Waals surface area contributed by atoms with Crippen LogP contribution in [-0.4, -0.2) is 48.9 Å². The van der Waals surface area contributed by atoms with Crippen molar-refractivity contribution < 1.29 is 19.1 Å². The van der Waals surface area contributed by atoms with E-state index in [1.54, 1.807) is 0 Å². The third-order valence-electron chi connectivity index (χ3n) is 3.13. The summed E-state index contributed by atoms with van der Waals surface area (Å²) in [6, 6.07) is -1.02. The number of rotatable bonds is 4. The molecule has 1 aliphatic rings. The van der Waals surface area contributed by atoms with E-state index in [-0.39, 0.29) is 17.9 Å². The second-order valence-electron chi connectivity index (χ2n) is 4.73. The smallest absolute Gasteiger partial charge is 0.407 e. The van der Waals surface area contributed by atoms with Crippen LogP contribution >= 0.6 is 0 Å². The van der Waals surface area contributed by atoms with Gasteiger partial charge in [0.2, 0.25) is 5.91 Å². The van der Waals surface area contributed by atoms with Crippen LogP contribution in [0, 0.1) is 5.92 Å². The maximum absolute atomic E-state index is 12.3. The molecule has 0 aromatic heterocycles. The van der Waals surface area contributed by atoms with Crippen LogP contribution in [0.5, 0.6) is 0 Å². The second-order valence-corrected chi connectivity index (χ2v) is 4.73. The van der Waals surface area contributed by atoms with Gasteiger partial charge < -0.3 is 19.7 Å². The van der Waals surface area contributed by atoms with Crippen molar-refractivity contribution in [1.82, 2.24) is 10.2 Å². The molecule has 1 N–H and O–H groups in total. The quantitative estimate of drug-likeness (QED) is 0.746. The summed E-state index contributed by atoms with van der Waals surface area (Å²) in [7, 11) is 1.25. The number of hydrogen-bond acceptors (Lipinski definition) is 4. The van der Waals surface area contributed by atoms with Crippen LogP contribution in [0.15, 0.2) is 0 Å². The fourth-order valence-corrected chi connectivity index (χ4v) is 2.09. The van der Waals surface area contributed by atoms with E-state index in [2.05, 4.69) is 10.1 Å². The molecule has 1 rings (SSSR count). The summed E-state index contributed by atoms with van der Waals surface area (Å²) < 4.78 is 4.51. The van der Waals surface area contributed by atoms with E-state index in [4.69, 9.17) is 0 Å². The Morgan fingerprint density at radius 2 is 2.11 bits per heavy atom. The van der Waals surface area contributed by atoms with E-state index in [1.807, 2.05) is 13.8 Å². The van der Waals surface area contributed by atoms with Gasteiger partial charge in [0, 0.05) is 6.54 Å². The predicted octanol–water partition coefficient (Wildman–Crippen LogP) is 0.557. The molecule has 1 aliphatic heterocycles. The highest BCUT2D eigenvalue weighted by atomic mass is 16.5. The Balaban J connectivity index is 2.76. The van der Waals surface area contributed by atoms with Crippen molar-refractivity contribution in [2.75, 3.05) is 13.7 Å². The van der Waals surface area contributed by atoms with Gasteiger partial charge in [-0.1, -0.05) is 13.8 Å². The van der Waals surface area contributed by atoms with Crippen molar-refractivity contribution in [3.05, 3.63) is 0 Å². The lowest BCUT2D eigenvalue weighted by molar-refractivity contribution is -0.137. The number of hydrogen-bond donors (Lipinski definition) is 1. The molecule has 0 aliphatic carbocycles. The average molecular weight is 256 g/mol. The van der Waals surface area contributed by atoms with E-state index in [0.29, 0.717) is 13.0 Å². The molecule has 18 heavy (non-hydrogen) atoms. The SMILES string of the molecule is COC(=O)NC(C(=O)N1CCC[C@H]1C=O)C(C)C. The number of amides is 2. The number of ether oxygens (including phenoxy) is 1. The highest BCUT2D eigenvalue weighted by Crippen LogP contribution is 2.18. The fourth-order valence-electron chi connectivity index (χ4n) is 2.09. The molecule has 6 nitrogen and oxygen atoms in total. The number of likely N-dealkylation sites (tertiary alicyclic amines) is 1. The predicted molar refractivity (Wildman–Crippen MR) is 65.0 cm³/mol. The highest BCUT2D eigenvalue weighted by Gasteiger charge is 2.35. The Morgan fingerprint density at radius 1 is 1.44 bits per heavy atom. The van der Waals surface area contributed by atoms with Crippen LogP contribution in [0.4, 0.5) is 4.79 Å². The van der Waals surface area contributed by atoms with Crippen molar-refractivity contribution >= 4 is 18.3 Å². The third-order valence-corrected chi connectivity index (χ3v) is 3.13. The fraction of sp³-hybridized carbons (Fsp3) is 0.750. The lowest BCUT2D eigenvalue weighted by Crippen LogP contribution is -2.52. The van der Waals surface area contributed by atoms with Gasteiger partial charge in [0.15, 0.2) is 0 Å². The first kappa shape index (κ1) is 14.5. The van der Waals surface area contributed by atoms with E-state index in [9.17, 15) is 14.4 Å². The van der Waals surface area contributed by atoms with Crippen molar-refractivity contribution in [1.29, 1.82) is 0 Å². The van der Waals surface area contributed by atoms with Gasteiger partial charge in [0.1, 0.15) is 12.3 Å². The zero-order chi connectivity index (χ0) is 13.7. The van der Waals surface area contributed by atoms with Crippen LogP contribution in [0.2, 0.25) is 0 Å². The minimum Gasteiger partial charge on any atom is -0.453 e. The van der Waals surface area contributed by atoms with Crippen LogP contribution < -0.4 is 5.32 Å². The lowest BCUT2D eigenvalue weighted by Gasteiger charge is -2.28. The number of carbonyl (C=O) groups is 3. The van der Waals surface area contributed by atoms with Gasteiger partial charge in [-0.2, -0.15) is 0 Å². The molecule has 0 saturated carbocycles. The van der Waals surface area contributed by atoms with Crippen LogP contribution in [0.1, 0.15) is 26.7 Å². The van der Waals surface area contributed by atoms with Crippen molar-refractivity contribution in [2.24, 2.45) is 5.92 Å². The standard InChI is InChI=1S/C12H20N2O4/c1-8(2)10(13-12(17)18-3)11(16)14-6-4-5-9(14)7-15/h7-10H,4-6H2,1-3H3,(H,13,17)/t9-,10?/m0/s1. The summed E-state index contributed by atoms with van der Waals surface area (Å²) in [6.07, 6.45) is 1.67. The van der Waals surface area contributed by atoms with Crippen molar-refractivity contribution in [2.45, 2.75) is 38.8 Å². The van der Waals surface area contributed by atoms with Gasteiger partial charge in [0.25, 0.3) is 0 Å². The number of carbonyl (C=O) groups excluding carboxylic acids is 3. The van der Waals surface area contributed by atoms with Gasteiger partial charge in [-0.25, -0.2) is 4.79 Å². The molecule has 1 heterocycles. The monoisotopic (exact) mass is 256 g/mol. The summed E-state index contributed by atoms with van der Waals surface area (Å²) in [4.78, 5) is 36.0. The average Bonchev–Trinajstić information content (AvgIpc) is 2.82. The van der Waals surface area contributed by atoms with Crippen LogP contribution in [0.25, 0.3) is 0 Å². The van der Waals surface area contributed by atoms with Gasteiger partial charge in [-0.15, -0.1) is 0 Å². The van der Waals surface area contributed by atoms with E-state index in [1.165, 1.54) is 12.0 Å². The Labute approximate surface area is 107 Å². The van der Waals surface area contributed by atoms with Crippen molar-refractivity contribution in [3.8, 4) is 0 Å². The normalized spacial score (nSPS) is 20.7. The van der Waals surface area contributed by atoms with Gasteiger partial charge in [-0.05, 0) is 18.8 Å². The lowest BCUT2D eigenvalue weighted by atomic mass is 10.0. The zero-order valence-corrected chi connectivity index (χ0v) is 11.0. The molecule has 1 unspecified atom stereocenters. The van der Waals surface area contributed by atoms with Crippen molar-refractivity contribution in [3.63, 3.8) is 0 Å². The molecule has 0 aromatic rings. The molecule has 1 saturated heterocycles. The molecule has 102 valence electrons. The minimum atomic E-state index is -0.655. The minimum absolute atomic E-state index is 0.0653. The Bertz CT molecular complexity index is 330. The first-order chi connectivity index (χ1) is 8.51. The van der Waals surface area contributed by atoms with E-state index in [0.717, 1.165) is 12.7 Å². The van der Waals surface area contributed by atoms with Gasteiger partial charge >= 0.3 is 6.09 Å². The first-order valence-electron chi connectivity index (χ1n) is 6.11. The zero-order valence-electron chi connectivity index (χ0n) is 11.0. The summed E-state index contributed by atoms with van der Waals surface area (Å²) in [6.45, 7) is 4.24. The molecule has 2 atom stereocenters. The molecule has 0 bridgehead atoms. The van der Waals surface area contributed by atoms with Gasteiger partial charge in [0.05, 0.1) is 13.2 Å². The number of nitrogens with one attached hydrogen (secondary N) is 1. The molecule has 0 radical (unpaired) electrons. The Kier molecular flexibility index (Phi) is 5.12. The third kappa shape index (κ3) is 3.21. The largest absolute Gasteiger partial charge is 0.453 e. The number of alkyl carbamates (subject to hydrolysis) is 1. The topological polar surface area (TPSA) is 75.7 Å². The maximum Gasteiger partial charge on any atom is 0.407 e. The maximum atomic E-state index is 12.3. The Hall–Kier alpha value is -1.59. The first-order valence-corrected chi connectivity index (χ1v) is 6.11. The second kappa shape index (κ2) is 6.37. The molecule has 0 aromatic carbocycles. The molecule has 0 spiro atoms. The molecular formula is C12H20N2O4. The molecule has 2 amide bonds. The van der Waals surface area contributed by atoms with E-state index >= 15 is 0 Å². The summed E-state index contributed by atoms with van der Waals surface area (Å²) >= 11 is 0. The highest BCUT2D eigenvalue weighted by molar-refractivity contribution is 5.88. The molecule has 6 heteroatoms. The molecular weight excluding hydrogens is 236 g/mol. The van der Waals surface area contributed by atoms with E-state index < -0.39 is 12.1 Å². The molecule has 1 fully saturated rings. The summed E-state index contributed by atoms with van der Waals surface area (Å²) in [5, 5.41) is 2.52. The van der Waals surface area contributed by atoms with Crippen LogP contribution in [-0.2, 0) is 14.3 Å². The van der Waals surface area contributed by atoms with Gasteiger partial charge in [-0.3, -0.25) is 4.79 Å². The summed E-state index contributed by atoms with van der Waals surface area (Å²) in [5.41, 5.74) is 0. The Morgan fingerprint density at radius 3 is 2.61 bits per heavy atom.